The Bertz CT molecular complexity index is 411. The van der Waals surface area contributed by atoms with E-state index in [1.165, 1.54) is 19.2 Å². The highest BCUT2D eigenvalue weighted by Gasteiger charge is 2.17. The van der Waals surface area contributed by atoms with Gasteiger partial charge in [-0.1, -0.05) is 0 Å². The molecule has 1 rings (SSSR count). The molecule has 0 aliphatic rings. The molecule has 0 amide bonds. The van der Waals surface area contributed by atoms with Crippen molar-refractivity contribution in [3.63, 3.8) is 0 Å². The van der Waals surface area contributed by atoms with E-state index >= 15 is 0 Å². The van der Waals surface area contributed by atoms with Gasteiger partial charge in [0.2, 0.25) is 11.7 Å². The van der Waals surface area contributed by atoms with Crippen molar-refractivity contribution in [2.24, 2.45) is 0 Å². The average molecular weight is 255 g/mol. The van der Waals surface area contributed by atoms with Crippen LogP contribution >= 0.6 is 0 Å². The van der Waals surface area contributed by atoms with Crippen LogP contribution in [0.1, 0.15) is 13.3 Å². The normalized spacial score (nSPS) is 11.9. The van der Waals surface area contributed by atoms with Gasteiger partial charge in [0, 0.05) is 31.9 Å². The van der Waals surface area contributed by atoms with Gasteiger partial charge in [0.25, 0.3) is 0 Å². The fourth-order valence-corrected chi connectivity index (χ4v) is 1.40. The van der Waals surface area contributed by atoms with E-state index in [4.69, 9.17) is 9.47 Å². The lowest BCUT2D eigenvalue weighted by Crippen LogP contribution is -2.19. The summed E-state index contributed by atoms with van der Waals surface area (Å²) in [5.74, 6) is 0.546. The first-order chi connectivity index (χ1) is 8.58. The molecule has 1 N–H and O–H groups in total. The zero-order valence-electron chi connectivity index (χ0n) is 10.7. The lowest BCUT2D eigenvalue weighted by molar-refractivity contribution is -0.384. The molecule has 7 nitrogen and oxygen atoms in total. The molecule has 0 radical (unpaired) electrons. The second-order valence-corrected chi connectivity index (χ2v) is 3.81. The molecular formula is C11H17N3O4. The van der Waals surface area contributed by atoms with Crippen LogP contribution < -0.4 is 10.1 Å². The van der Waals surface area contributed by atoms with Crippen molar-refractivity contribution >= 4 is 11.5 Å². The van der Waals surface area contributed by atoms with E-state index in [1.54, 1.807) is 7.11 Å². The van der Waals surface area contributed by atoms with Gasteiger partial charge in [-0.3, -0.25) is 10.1 Å². The summed E-state index contributed by atoms with van der Waals surface area (Å²) in [4.78, 5) is 14.4. The lowest BCUT2D eigenvalue weighted by atomic mass is 10.2. The topological polar surface area (TPSA) is 86.5 Å². The molecule has 0 aliphatic carbocycles. The molecule has 0 saturated carbocycles. The number of rotatable bonds is 7. The number of anilines is 1. The molecule has 100 valence electrons. The van der Waals surface area contributed by atoms with E-state index in [0.29, 0.717) is 12.5 Å². The Morgan fingerprint density at radius 2 is 2.22 bits per heavy atom. The van der Waals surface area contributed by atoms with E-state index in [0.717, 1.165) is 6.42 Å². The first kappa shape index (κ1) is 14.2. The first-order valence-corrected chi connectivity index (χ1v) is 5.53. The molecule has 1 heterocycles. The molecule has 1 aromatic heterocycles. The molecule has 0 aromatic carbocycles. The van der Waals surface area contributed by atoms with Gasteiger partial charge in [0.1, 0.15) is 0 Å². The summed E-state index contributed by atoms with van der Waals surface area (Å²) in [6, 6.07) is 2.85. The van der Waals surface area contributed by atoms with Crippen LogP contribution in [0.25, 0.3) is 0 Å². The number of hydrogen-bond acceptors (Lipinski definition) is 6. The molecule has 7 heteroatoms. The standard InChI is InChI=1S/C11H17N3O4/c1-8(6-7-17-2)12-11-9(14(15)16)4-5-10(13-11)18-3/h4-5,8H,6-7H2,1-3H3,(H,12,13). The van der Waals surface area contributed by atoms with Crippen molar-refractivity contribution in [2.75, 3.05) is 26.1 Å². The molecule has 0 bridgehead atoms. The molecule has 0 saturated heterocycles. The van der Waals surface area contributed by atoms with Gasteiger partial charge in [0.05, 0.1) is 12.0 Å². The highest BCUT2D eigenvalue weighted by atomic mass is 16.6. The van der Waals surface area contributed by atoms with Gasteiger partial charge in [-0.2, -0.15) is 4.98 Å². The maximum absolute atomic E-state index is 10.9. The quantitative estimate of drug-likeness (QED) is 0.591. The number of ether oxygens (including phenoxy) is 2. The largest absolute Gasteiger partial charge is 0.481 e. The number of methoxy groups -OCH3 is 2. The first-order valence-electron chi connectivity index (χ1n) is 5.53. The van der Waals surface area contributed by atoms with Crippen LogP contribution in [0.15, 0.2) is 12.1 Å². The van der Waals surface area contributed by atoms with Crippen LogP contribution in [0, 0.1) is 10.1 Å². The van der Waals surface area contributed by atoms with Gasteiger partial charge in [-0.05, 0) is 13.3 Å². The fraction of sp³-hybridized carbons (Fsp3) is 0.545. The summed E-state index contributed by atoms with van der Waals surface area (Å²) in [7, 11) is 3.07. The third-order valence-corrected chi connectivity index (χ3v) is 2.39. The molecule has 18 heavy (non-hydrogen) atoms. The fourth-order valence-electron chi connectivity index (χ4n) is 1.40. The molecule has 1 aromatic rings. The number of pyridine rings is 1. The number of nitrogens with one attached hydrogen (secondary N) is 1. The molecule has 1 unspecified atom stereocenters. The zero-order valence-corrected chi connectivity index (χ0v) is 10.7. The zero-order chi connectivity index (χ0) is 13.5. The minimum atomic E-state index is -0.474. The average Bonchev–Trinajstić information content (AvgIpc) is 2.35. The smallest absolute Gasteiger partial charge is 0.311 e. The van der Waals surface area contributed by atoms with Gasteiger partial charge >= 0.3 is 5.69 Å². The van der Waals surface area contributed by atoms with Crippen molar-refractivity contribution in [3.8, 4) is 5.88 Å². The Balaban J connectivity index is 2.86. The Labute approximate surface area is 105 Å². The van der Waals surface area contributed by atoms with E-state index in [2.05, 4.69) is 10.3 Å². The summed E-state index contributed by atoms with van der Waals surface area (Å²) < 4.78 is 9.91. The van der Waals surface area contributed by atoms with E-state index in [-0.39, 0.29) is 17.5 Å². The van der Waals surface area contributed by atoms with Gasteiger partial charge in [-0.15, -0.1) is 0 Å². The van der Waals surface area contributed by atoms with Crippen molar-refractivity contribution < 1.29 is 14.4 Å². The van der Waals surface area contributed by atoms with E-state index in [1.807, 2.05) is 6.92 Å². The number of hydrogen-bond donors (Lipinski definition) is 1. The van der Waals surface area contributed by atoms with Crippen LogP contribution in [0.2, 0.25) is 0 Å². The van der Waals surface area contributed by atoms with Crippen molar-refractivity contribution in [3.05, 3.63) is 22.2 Å². The van der Waals surface area contributed by atoms with Crippen LogP contribution in [0.4, 0.5) is 11.5 Å². The van der Waals surface area contributed by atoms with E-state index < -0.39 is 4.92 Å². The summed E-state index contributed by atoms with van der Waals surface area (Å²) in [5, 5.41) is 13.9. The summed E-state index contributed by atoms with van der Waals surface area (Å²) in [6.45, 7) is 2.48. The number of nitro groups is 1. The lowest BCUT2D eigenvalue weighted by Gasteiger charge is -2.14. The van der Waals surface area contributed by atoms with Gasteiger partial charge in [0.15, 0.2) is 0 Å². The summed E-state index contributed by atoms with van der Waals surface area (Å²) >= 11 is 0. The SMILES string of the molecule is COCCC(C)Nc1nc(OC)ccc1[N+](=O)[O-]. The van der Waals surface area contributed by atoms with Crippen LogP contribution in [0.5, 0.6) is 5.88 Å². The third-order valence-electron chi connectivity index (χ3n) is 2.39. The summed E-state index contributed by atoms with van der Waals surface area (Å²) in [6.07, 6.45) is 0.729. The minimum Gasteiger partial charge on any atom is -0.481 e. The van der Waals surface area contributed by atoms with Crippen molar-refractivity contribution in [2.45, 2.75) is 19.4 Å². The maximum atomic E-state index is 10.9. The van der Waals surface area contributed by atoms with Gasteiger partial charge < -0.3 is 14.8 Å². The highest BCUT2D eigenvalue weighted by molar-refractivity contribution is 5.57. The Hall–Kier alpha value is -1.89. The second kappa shape index (κ2) is 6.75. The van der Waals surface area contributed by atoms with Gasteiger partial charge in [-0.25, -0.2) is 0 Å². The molecule has 0 fully saturated rings. The second-order valence-electron chi connectivity index (χ2n) is 3.81. The summed E-state index contributed by atoms with van der Waals surface area (Å²) in [5.41, 5.74) is -0.0694. The Morgan fingerprint density at radius 3 is 2.78 bits per heavy atom. The Kier molecular flexibility index (Phi) is 5.31. The minimum absolute atomic E-state index is 0.0169. The highest BCUT2D eigenvalue weighted by Crippen LogP contribution is 2.25. The number of aromatic nitrogens is 1. The molecule has 0 spiro atoms. The van der Waals surface area contributed by atoms with Crippen molar-refractivity contribution in [1.82, 2.24) is 4.98 Å². The Morgan fingerprint density at radius 1 is 1.50 bits per heavy atom. The van der Waals surface area contributed by atoms with Crippen LogP contribution in [0.3, 0.4) is 0 Å². The maximum Gasteiger partial charge on any atom is 0.311 e. The monoisotopic (exact) mass is 255 g/mol. The van der Waals surface area contributed by atoms with E-state index in [9.17, 15) is 10.1 Å². The predicted octanol–water partition coefficient (Wildman–Crippen LogP) is 1.84. The van der Waals surface area contributed by atoms with Crippen LogP contribution in [-0.2, 0) is 4.74 Å². The van der Waals surface area contributed by atoms with Crippen molar-refractivity contribution in [1.29, 1.82) is 0 Å². The molecular weight excluding hydrogens is 238 g/mol. The third kappa shape index (κ3) is 3.85. The molecule has 1 atom stereocenters. The molecule has 0 aliphatic heterocycles. The number of nitrogens with zero attached hydrogens (tertiary/aromatic N) is 2. The predicted molar refractivity (Wildman–Crippen MR) is 67.0 cm³/mol. The van der Waals surface area contributed by atoms with Crippen LogP contribution in [-0.4, -0.2) is 36.8 Å².